The Kier molecular flexibility index (Phi) is 6.81. The Labute approximate surface area is 215 Å². The Morgan fingerprint density at radius 1 is 1.00 bits per heavy atom. The fourth-order valence-corrected chi connectivity index (χ4v) is 5.04. The van der Waals surface area contributed by atoms with Crippen LogP contribution < -0.4 is 19.7 Å². The monoisotopic (exact) mass is 499 g/mol. The van der Waals surface area contributed by atoms with Gasteiger partial charge in [-0.05, 0) is 54.8 Å². The van der Waals surface area contributed by atoms with Gasteiger partial charge in [-0.3, -0.25) is 14.4 Å². The number of para-hydroxylation sites is 1. The van der Waals surface area contributed by atoms with Crippen molar-refractivity contribution in [2.75, 3.05) is 25.7 Å². The van der Waals surface area contributed by atoms with E-state index in [-0.39, 0.29) is 30.8 Å². The Balaban J connectivity index is 1.35. The maximum Gasteiger partial charge on any atom is 0.256 e. The predicted octanol–water partition coefficient (Wildman–Crippen LogP) is 3.79. The lowest BCUT2D eigenvalue weighted by molar-refractivity contribution is -0.122. The van der Waals surface area contributed by atoms with Crippen LogP contribution >= 0.6 is 0 Å². The summed E-state index contributed by atoms with van der Waals surface area (Å²) in [7, 11) is 3.16. The van der Waals surface area contributed by atoms with Crippen molar-refractivity contribution in [1.82, 2.24) is 10.2 Å². The molecule has 0 bridgehead atoms. The van der Waals surface area contributed by atoms with E-state index in [0.29, 0.717) is 41.3 Å². The Morgan fingerprint density at radius 3 is 2.65 bits per heavy atom. The predicted molar refractivity (Wildman–Crippen MR) is 139 cm³/mol. The Hall–Kier alpha value is -4.33. The van der Waals surface area contributed by atoms with Crippen LogP contribution in [0, 0.1) is 0 Å². The van der Waals surface area contributed by atoms with Crippen molar-refractivity contribution < 1.29 is 23.9 Å². The van der Waals surface area contributed by atoms with E-state index in [1.807, 2.05) is 36.4 Å². The fourth-order valence-electron chi connectivity index (χ4n) is 5.04. The van der Waals surface area contributed by atoms with Gasteiger partial charge >= 0.3 is 0 Å². The largest absolute Gasteiger partial charge is 0.497 e. The highest BCUT2D eigenvalue weighted by Crippen LogP contribution is 2.33. The van der Waals surface area contributed by atoms with E-state index in [9.17, 15) is 14.4 Å². The molecule has 190 valence electrons. The number of carbonyl (C=O) groups excluding carboxylic acids is 3. The quantitative estimate of drug-likeness (QED) is 0.535. The van der Waals surface area contributed by atoms with Gasteiger partial charge in [-0.25, -0.2) is 0 Å². The normalized spacial score (nSPS) is 16.6. The molecule has 1 atom stereocenters. The van der Waals surface area contributed by atoms with E-state index in [0.717, 1.165) is 17.5 Å². The molecule has 2 aliphatic heterocycles. The molecular weight excluding hydrogens is 470 g/mol. The number of rotatable bonds is 7. The first-order valence-electron chi connectivity index (χ1n) is 12.3. The molecule has 8 nitrogen and oxygen atoms in total. The van der Waals surface area contributed by atoms with E-state index < -0.39 is 6.04 Å². The molecule has 0 aliphatic carbocycles. The smallest absolute Gasteiger partial charge is 0.256 e. The molecule has 0 saturated carbocycles. The lowest BCUT2D eigenvalue weighted by Gasteiger charge is -2.26. The van der Waals surface area contributed by atoms with E-state index in [2.05, 4.69) is 5.32 Å². The maximum atomic E-state index is 13.6. The molecule has 5 rings (SSSR count). The third kappa shape index (κ3) is 4.74. The summed E-state index contributed by atoms with van der Waals surface area (Å²) in [6.45, 7) is 1.14. The van der Waals surface area contributed by atoms with Gasteiger partial charge in [0, 0.05) is 30.3 Å². The first kappa shape index (κ1) is 24.4. The third-order valence-electron chi connectivity index (χ3n) is 6.95. The van der Waals surface area contributed by atoms with E-state index in [1.54, 1.807) is 54.4 Å². The van der Waals surface area contributed by atoms with E-state index in [4.69, 9.17) is 9.47 Å². The zero-order chi connectivity index (χ0) is 25.9. The molecule has 3 aromatic rings. The second-order valence-corrected chi connectivity index (χ2v) is 9.16. The number of amides is 3. The van der Waals surface area contributed by atoms with Crippen LogP contribution in [-0.2, 0) is 17.9 Å². The van der Waals surface area contributed by atoms with Gasteiger partial charge < -0.3 is 24.6 Å². The van der Waals surface area contributed by atoms with Gasteiger partial charge in [0.15, 0.2) is 0 Å². The van der Waals surface area contributed by atoms with Crippen LogP contribution in [-0.4, -0.2) is 49.4 Å². The topological polar surface area (TPSA) is 88.2 Å². The number of benzene rings is 3. The molecule has 8 heteroatoms. The summed E-state index contributed by atoms with van der Waals surface area (Å²) in [5.74, 6) is 0.877. The van der Waals surface area contributed by atoms with E-state index >= 15 is 0 Å². The van der Waals surface area contributed by atoms with Crippen molar-refractivity contribution >= 4 is 23.4 Å². The lowest BCUT2D eigenvalue weighted by atomic mass is 10.1. The van der Waals surface area contributed by atoms with Crippen LogP contribution in [0.2, 0.25) is 0 Å². The first-order chi connectivity index (χ1) is 18.0. The van der Waals surface area contributed by atoms with Crippen LogP contribution in [0.25, 0.3) is 0 Å². The summed E-state index contributed by atoms with van der Waals surface area (Å²) in [5, 5.41) is 2.94. The minimum Gasteiger partial charge on any atom is -0.497 e. The lowest BCUT2D eigenvalue weighted by Crippen LogP contribution is -2.44. The number of carbonyl (C=O) groups is 3. The molecule has 37 heavy (non-hydrogen) atoms. The second-order valence-electron chi connectivity index (χ2n) is 9.16. The third-order valence-corrected chi connectivity index (χ3v) is 6.95. The van der Waals surface area contributed by atoms with Crippen molar-refractivity contribution in [2.45, 2.75) is 32.0 Å². The van der Waals surface area contributed by atoms with Crippen LogP contribution in [0.15, 0.2) is 66.7 Å². The number of fused-ring (bicyclic) bond motifs is 2. The van der Waals surface area contributed by atoms with Gasteiger partial charge in [0.2, 0.25) is 5.91 Å². The van der Waals surface area contributed by atoms with Gasteiger partial charge in [-0.15, -0.1) is 0 Å². The standard InChI is InChI=1S/C29H29N3O5/c1-36-22-13-12-21(26(16-22)37-2)17-30-27(33)20-8-5-7-19(15-20)18-32-24-10-4-3-9-23(24)28(34)31-14-6-11-25(31)29(32)35/h3-5,7-10,12-13,15-16,25H,6,11,14,17-18H2,1-2H3,(H,30,33). The number of nitrogens with zero attached hydrogens (tertiary/aromatic N) is 2. The average Bonchev–Trinajstić information content (AvgIpc) is 3.41. The SMILES string of the molecule is COc1ccc(CNC(=O)c2cccc(CN3C(=O)C4CCCN4C(=O)c4ccccc43)c2)c(OC)c1. The van der Waals surface area contributed by atoms with Crippen molar-refractivity contribution in [1.29, 1.82) is 0 Å². The van der Waals surface area contributed by atoms with Crippen LogP contribution in [0.3, 0.4) is 0 Å². The molecule has 1 unspecified atom stereocenters. The number of ether oxygens (including phenoxy) is 2. The highest BCUT2D eigenvalue weighted by Gasteiger charge is 2.41. The highest BCUT2D eigenvalue weighted by atomic mass is 16.5. The summed E-state index contributed by atoms with van der Waals surface area (Å²) >= 11 is 0. The molecule has 0 radical (unpaired) electrons. The van der Waals surface area contributed by atoms with Gasteiger partial charge in [-0.2, -0.15) is 0 Å². The number of methoxy groups -OCH3 is 2. The molecule has 1 fully saturated rings. The summed E-state index contributed by atoms with van der Waals surface area (Å²) in [5.41, 5.74) is 3.25. The van der Waals surface area contributed by atoms with Crippen LogP contribution in [0.1, 0.15) is 44.7 Å². The summed E-state index contributed by atoms with van der Waals surface area (Å²) < 4.78 is 10.7. The van der Waals surface area contributed by atoms with Gasteiger partial charge in [-0.1, -0.05) is 24.3 Å². The van der Waals surface area contributed by atoms with Gasteiger partial charge in [0.05, 0.1) is 32.0 Å². The van der Waals surface area contributed by atoms with Crippen molar-refractivity contribution in [3.05, 3.63) is 89.0 Å². The van der Waals surface area contributed by atoms with Gasteiger partial charge in [0.1, 0.15) is 17.5 Å². The zero-order valence-electron chi connectivity index (χ0n) is 20.9. The molecule has 1 N–H and O–H groups in total. The summed E-state index contributed by atoms with van der Waals surface area (Å²) in [6.07, 6.45) is 1.47. The van der Waals surface area contributed by atoms with Crippen molar-refractivity contribution in [2.24, 2.45) is 0 Å². The summed E-state index contributed by atoms with van der Waals surface area (Å²) in [4.78, 5) is 43.1. The van der Waals surface area contributed by atoms with E-state index in [1.165, 1.54) is 0 Å². The molecule has 3 aromatic carbocycles. The fraction of sp³-hybridized carbons (Fsp3) is 0.276. The first-order valence-corrected chi connectivity index (χ1v) is 12.3. The number of hydrogen-bond acceptors (Lipinski definition) is 5. The van der Waals surface area contributed by atoms with Gasteiger partial charge in [0.25, 0.3) is 11.8 Å². The minimum absolute atomic E-state index is 0.0859. The molecular formula is C29H29N3O5. The summed E-state index contributed by atoms with van der Waals surface area (Å²) in [6, 6.07) is 19.4. The highest BCUT2D eigenvalue weighted by molar-refractivity contribution is 6.11. The molecule has 2 aliphatic rings. The minimum atomic E-state index is -0.453. The number of hydrogen-bond donors (Lipinski definition) is 1. The molecule has 0 aromatic heterocycles. The molecule has 3 amide bonds. The maximum absolute atomic E-state index is 13.6. The van der Waals surface area contributed by atoms with Crippen molar-refractivity contribution in [3.63, 3.8) is 0 Å². The molecule has 2 heterocycles. The van der Waals surface area contributed by atoms with Crippen molar-refractivity contribution in [3.8, 4) is 11.5 Å². The number of anilines is 1. The Bertz CT molecular complexity index is 1350. The Morgan fingerprint density at radius 2 is 1.84 bits per heavy atom. The van der Waals surface area contributed by atoms with Crippen LogP contribution in [0.5, 0.6) is 11.5 Å². The number of nitrogens with one attached hydrogen (secondary N) is 1. The average molecular weight is 500 g/mol. The van der Waals surface area contributed by atoms with Crippen LogP contribution in [0.4, 0.5) is 5.69 Å². The zero-order valence-corrected chi connectivity index (χ0v) is 20.9. The molecule has 1 saturated heterocycles. The second kappa shape index (κ2) is 10.3. The molecule has 0 spiro atoms.